The molecule has 3 aromatic rings. The van der Waals surface area contributed by atoms with Crippen molar-refractivity contribution in [1.29, 1.82) is 0 Å². The van der Waals surface area contributed by atoms with E-state index in [9.17, 15) is 10.2 Å². The van der Waals surface area contributed by atoms with Crippen LogP contribution >= 0.6 is 0 Å². The Bertz CT molecular complexity index is 1060. The number of pyridine rings is 2. The van der Waals surface area contributed by atoms with Gasteiger partial charge in [-0.3, -0.25) is 9.97 Å². The van der Waals surface area contributed by atoms with E-state index in [1.165, 1.54) is 0 Å². The Labute approximate surface area is 176 Å². The predicted octanol–water partition coefficient (Wildman–Crippen LogP) is 4.43. The topological polar surface area (TPSA) is 100 Å². The fourth-order valence-electron chi connectivity index (χ4n) is 2.68. The van der Waals surface area contributed by atoms with Crippen molar-refractivity contribution in [2.45, 2.75) is 40.9 Å². The molecular formula is C23H25N3O4. The van der Waals surface area contributed by atoms with Crippen molar-refractivity contribution in [1.82, 2.24) is 9.97 Å². The van der Waals surface area contributed by atoms with Gasteiger partial charge in [-0.15, -0.1) is 0 Å². The van der Waals surface area contributed by atoms with Crippen LogP contribution in [0.15, 0.2) is 36.7 Å². The normalized spacial score (nSPS) is 10.0. The van der Waals surface area contributed by atoms with Crippen molar-refractivity contribution in [3.63, 3.8) is 0 Å². The van der Waals surface area contributed by atoms with Gasteiger partial charge in [0.05, 0.1) is 31.2 Å². The minimum Gasteiger partial charge on any atom is -0.506 e. The fraction of sp³-hybridized carbons (Fsp3) is 0.261. The molecule has 3 rings (SSSR count). The Morgan fingerprint density at radius 3 is 1.93 bits per heavy atom. The highest BCUT2D eigenvalue weighted by atomic mass is 16.5. The zero-order valence-corrected chi connectivity index (χ0v) is 17.5. The summed E-state index contributed by atoms with van der Waals surface area (Å²) in [6.07, 6.45) is 3.23. The number of aromatic hydroxyl groups is 1. The number of aryl methyl sites for hydroxylation is 2. The third-order valence-corrected chi connectivity index (χ3v) is 4.68. The van der Waals surface area contributed by atoms with E-state index in [1.807, 2.05) is 13.8 Å². The average Bonchev–Trinajstić information content (AvgIpc) is 2.76. The first-order valence-electron chi connectivity index (χ1n) is 9.28. The summed E-state index contributed by atoms with van der Waals surface area (Å²) in [5.74, 6) is 1.48. The van der Waals surface area contributed by atoms with Crippen molar-refractivity contribution >= 4 is 5.69 Å². The van der Waals surface area contributed by atoms with Crippen LogP contribution in [0.2, 0.25) is 0 Å². The molecule has 156 valence electrons. The summed E-state index contributed by atoms with van der Waals surface area (Å²) in [7, 11) is 0. The van der Waals surface area contributed by atoms with Crippen molar-refractivity contribution in [2.24, 2.45) is 0 Å². The molecule has 3 N–H and O–H groups in total. The summed E-state index contributed by atoms with van der Waals surface area (Å²) >= 11 is 0. The summed E-state index contributed by atoms with van der Waals surface area (Å²) in [6.45, 7) is 14.0. The lowest BCUT2D eigenvalue weighted by atomic mass is 10.1. The molecular weight excluding hydrogens is 382 g/mol. The van der Waals surface area contributed by atoms with Gasteiger partial charge in [-0.05, 0) is 45.4 Å². The van der Waals surface area contributed by atoms with Gasteiger partial charge in [0.15, 0.2) is 11.4 Å². The first-order chi connectivity index (χ1) is 14.3. The molecule has 0 aliphatic heterocycles. The molecule has 0 unspecified atom stereocenters. The van der Waals surface area contributed by atoms with E-state index in [0.29, 0.717) is 34.0 Å². The van der Waals surface area contributed by atoms with E-state index in [1.54, 1.807) is 50.5 Å². The van der Waals surface area contributed by atoms with Crippen LogP contribution in [0, 0.1) is 34.3 Å². The maximum absolute atomic E-state index is 9.34. The Kier molecular flexibility index (Phi) is 7.87. The molecule has 0 aliphatic rings. The maximum atomic E-state index is 9.34. The van der Waals surface area contributed by atoms with Crippen molar-refractivity contribution < 1.29 is 20.1 Å². The maximum Gasteiger partial charge on any atom is 0.187 e. The quantitative estimate of drug-likeness (QED) is 0.553. The Balaban J connectivity index is 0.000000248. The first-order valence-corrected chi connectivity index (χ1v) is 9.28. The minimum absolute atomic E-state index is 0.0634. The Hall–Kier alpha value is -3.47. The van der Waals surface area contributed by atoms with Crippen LogP contribution in [0.3, 0.4) is 0 Å². The van der Waals surface area contributed by atoms with Crippen LogP contribution < -0.4 is 4.74 Å². The lowest BCUT2D eigenvalue weighted by molar-refractivity contribution is 0.279. The largest absolute Gasteiger partial charge is 0.506 e. The Morgan fingerprint density at radius 2 is 1.40 bits per heavy atom. The molecule has 7 nitrogen and oxygen atoms in total. The fourth-order valence-corrected chi connectivity index (χ4v) is 2.68. The van der Waals surface area contributed by atoms with Crippen molar-refractivity contribution in [3.05, 3.63) is 81.7 Å². The first kappa shape index (κ1) is 22.8. The number of hydrogen-bond acceptors (Lipinski definition) is 6. The van der Waals surface area contributed by atoms with Crippen LogP contribution in [0.25, 0.3) is 4.85 Å². The molecule has 0 radical (unpaired) electrons. The van der Waals surface area contributed by atoms with E-state index >= 15 is 0 Å². The van der Waals surface area contributed by atoms with Crippen molar-refractivity contribution in [3.8, 4) is 17.2 Å². The number of rotatable bonds is 4. The van der Waals surface area contributed by atoms with Crippen molar-refractivity contribution in [2.75, 3.05) is 0 Å². The predicted molar refractivity (Wildman–Crippen MR) is 114 cm³/mol. The monoisotopic (exact) mass is 407 g/mol. The van der Waals surface area contributed by atoms with E-state index in [-0.39, 0.29) is 19.0 Å². The van der Waals surface area contributed by atoms with Gasteiger partial charge in [-0.1, -0.05) is 12.1 Å². The van der Waals surface area contributed by atoms with E-state index in [0.717, 1.165) is 16.8 Å². The van der Waals surface area contributed by atoms with E-state index in [4.69, 9.17) is 16.4 Å². The summed E-state index contributed by atoms with van der Waals surface area (Å²) in [5.41, 5.74) is 4.95. The van der Waals surface area contributed by atoms with Gasteiger partial charge < -0.3 is 20.1 Å². The van der Waals surface area contributed by atoms with Gasteiger partial charge in [0.25, 0.3) is 0 Å². The highest BCUT2D eigenvalue weighted by Crippen LogP contribution is 2.30. The minimum atomic E-state index is -0.0767. The molecule has 0 amide bonds. The van der Waals surface area contributed by atoms with Gasteiger partial charge in [0.2, 0.25) is 0 Å². The SMILES string of the molecule is Cc1ncc(CO)c(C)c1O.[C-]#[N+]c1ccc(Oc2c(C)ncc(CO)c2C)cc1. The molecule has 7 heteroatoms. The molecule has 2 aromatic heterocycles. The highest BCUT2D eigenvalue weighted by molar-refractivity contribution is 5.49. The van der Waals surface area contributed by atoms with Crippen LogP contribution in [0.1, 0.15) is 33.6 Å². The second kappa shape index (κ2) is 10.3. The number of aromatic nitrogens is 2. The number of aliphatic hydroxyl groups is 2. The summed E-state index contributed by atoms with van der Waals surface area (Å²) in [4.78, 5) is 11.4. The molecule has 0 atom stereocenters. The molecule has 0 aliphatic carbocycles. The molecule has 30 heavy (non-hydrogen) atoms. The molecule has 0 fully saturated rings. The van der Waals surface area contributed by atoms with E-state index in [2.05, 4.69) is 14.8 Å². The summed E-state index contributed by atoms with van der Waals surface area (Å²) in [6, 6.07) is 6.91. The number of hydrogen-bond donors (Lipinski definition) is 3. The lowest BCUT2D eigenvalue weighted by Crippen LogP contribution is -1.98. The van der Waals surface area contributed by atoms with Gasteiger partial charge in [0, 0.05) is 29.1 Å². The number of ether oxygens (including phenoxy) is 1. The van der Waals surface area contributed by atoms with Crippen LogP contribution in [0.4, 0.5) is 5.69 Å². The number of nitrogens with zero attached hydrogens (tertiary/aromatic N) is 3. The van der Waals surface area contributed by atoms with Crippen LogP contribution in [-0.2, 0) is 13.2 Å². The zero-order valence-electron chi connectivity index (χ0n) is 17.5. The summed E-state index contributed by atoms with van der Waals surface area (Å²) < 4.78 is 5.81. The third kappa shape index (κ3) is 5.32. The second-order valence-corrected chi connectivity index (χ2v) is 6.69. The van der Waals surface area contributed by atoms with Crippen LogP contribution in [-0.4, -0.2) is 25.3 Å². The average molecular weight is 407 g/mol. The molecule has 1 aromatic carbocycles. The van der Waals surface area contributed by atoms with Gasteiger partial charge in [-0.25, -0.2) is 4.85 Å². The molecule has 0 saturated heterocycles. The number of benzene rings is 1. The molecule has 0 saturated carbocycles. The second-order valence-electron chi connectivity index (χ2n) is 6.69. The standard InChI is InChI=1S/C15H14N2O2.C8H11NO2/c1-10-12(9-18)8-17-11(2)15(10)19-14-6-4-13(16-3)5-7-14;1-5-7(4-10)3-9-6(2)8(5)11/h4-8,18H,9H2,1-2H3;3,10-11H,4H2,1-2H3. The van der Waals surface area contributed by atoms with Gasteiger partial charge >= 0.3 is 0 Å². The lowest BCUT2D eigenvalue weighted by Gasteiger charge is -2.13. The smallest absolute Gasteiger partial charge is 0.187 e. The highest BCUT2D eigenvalue weighted by Gasteiger charge is 2.10. The molecule has 2 heterocycles. The summed E-state index contributed by atoms with van der Waals surface area (Å²) in [5, 5.41) is 27.4. The van der Waals surface area contributed by atoms with Gasteiger partial charge in [0.1, 0.15) is 11.5 Å². The van der Waals surface area contributed by atoms with Crippen LogP contribution in [0.5, 0.6) is 17.2 Å². The van der Waals surface area contributed by atoms with E-state index < -0.39 is 0 Å². The third-order valence-electron chi connectivity index (χ3n) is 4.68. The number of aliphatic hydroxyl groups excluding tert-OH is 2. The molecule has 0 bridgehead atoms. The zero-order chi connectivity index (χ0) is 22.3. The van der Waals surface area contributed by atoms with Gasteiger partial charge in [-0.2, -0.15) is 0 Å². The Morgan fingerprint density at radius 1 is 0.867 bits per heavy atom. The molecule has 0 spiro atoms.